The van der Waals surface area contributed by atoms with Crippen LogP contribution in [0.4, 0.5) is 0 Å². The van der Waals surface area contributed by atoms with Crippen molar-refractivity contribution in [2.75, 3.05) is 0 Å². The molecule has 0 saturated carbocycles. The molecule has 24 heavy (non-hydrogen) atoms. The van der Waals surface area contributed by atoms with Crippen molar-refractivity contribution in [2.45, 2.75) is 13.0 Å². The predicted octanol–water partition coefficient (Wildman–Crippen LogP) is 4.60. The van der Waals surface area contributed by atoms with E-state index in [9.17, 15) is 9.59 Å². The maximum Gasteiger partial charge on any atom is 0.336 e. The minimum absolute atomic E-state index is 0.0269. The van der Waals surface area contributed by atoms with Crippen LogP contribution in [0.15, 0.2) is 66.7 Å². The second kappa shape index (κ2) is 7.32. The summed E-state index contributed by atoms with van der Waals surface area (Å²) in [6.07, 6.45) is 0.179. The van der Waals surface area contributed by atoms with E-state index in [4.69, 9.17) is 9.15 Å². The molecule has 3 rings (SSSR count). The van der Waals surface area contributed by atoms with Crippen LogP contribution in [0.25, 0.3) is 11.0 Å². The van der Waals surface area contributed by atoms with Crippen molar-refractivity contribution in [1.82, 2.24) is 0 Å². The molecule has 0 amide bonds. The van der Waals surface area contributed by atoms with Crippen LogP contribution in [-0.2, 0) is 22.6 Å². The third-order valence-electron chi connectivity index (χ3n) is 3.44. The fourth-order valence-corrected chi connectivity index (χ4v) is 2.91. The highest BCUT2D eigenvalue weighted by Crippen LogP contribution is 2.22. The zero-order valence-corrected chi connectivity index (χ0v) is 15.6. The number of fused-ring (bicyclic) bond motifs is 1. The Bertz CT molecular complexity index is 945. The van der Waals surface area contributed by atoms with Gasteiger partial charge in [0.2, 0.25) is 0 Å². The van der Waals surface area contributed by atoms with Crippen molar-refractivity contribution in [3.05, 3.63) is 79.0 Å². The molecule has 3 aromatic rings. The van der Waals surface area contributed by atoms with E-state index in [0.29, 0.717) is 11.1 Å². The number of carbonyl (C=O) groups is 1. The minimum atomic E-state index is -0.473. The summed E-state index contributed by atoms with van der Waals surface area (Å²) in [6, 6.07) is 14.2. The van der Waals surface area contributed by atoms with Crippen LogP contribution in [0.5, 0.6) is 0 Å². The number of halogens is 2. The first-order valence-electron chi connectivity index (χ1n) is 7.13. The lowest BCUT2D eigenvalue weighted by Crippen LogP contribution is -2.09. The Morgan fingerprint density at radius 3 is 2.46 bits per heavy atom. The first-order valence-corrected chi connectivity index (χ1v) is 8.72. The molecule has 6 heteroatoms. The van der Waals surface area contributed by atoms with Crippen LogP contribution in [-0.4, -0.2) is 5.97 Å². The van der Waals surface area contributed by atoms with E-state index in [2.05, 4.69) is 31.9 Å². The average molecular weight is 452 g/mol. The Morgan fingerprint density at radius 1 is 1.00 bits per heavy atom. The van der Waals surface area contributed by atoms with Gasteiger partial charge in [-0.1, -0.05) is 44.0 Å². The fraction of sp³-hybridized carbons (Fsp3) is 0.111. The normalized spacial score (nSPS) is 10.8. The van der Waals surface area contributed by atoms with Gasteiger partial charge in [-0.3, -0.25) is 4.79 Å². The van der Waals surface area contributed by atoms with Gasteiger partial charge < -0.3 is 9.15 Å². The van der Waals surface area contributed by atoms with Crippen molar-refractivity contribution >= 4 is 48.8 Å². The summed E-state index contributed by atoms with van der Waals surface area (Å²) < 4.78 is 12.2. The third-order valence-corrected chi connectivity index (χ3v) is 4.46. The third kappa shape index (κ3) is 4.13. The van der Waals surface area contributed by atoms with E-state index >= 15 is 0 Å². The van der Waals surface area contributed by atoms with Gasteiger partial charge in [0.1, 0.15) is 12.2 Å². The summed E-state index contributed by atoms with van der Waals surface area (Å²) >= 11 is 6.68. The molecule has 0 aliphatic heterocycles. The number of carbonyl (C=O) groups excluding carboxylic acids is 1. The molecule has 2 aromatic carbocycles. The smallest absolute Gasteiger partial charge is 0.336 e. The SMILES string of the molecule is O=C(Cc1ccc(Br)cc1)OCc1cc(=O)oc2cc(Br)ccc12. The van der Waals surface area contributed by atoms with Crippen LogP contribution in [0.2, 0.25) is 0 Å². The Hall–Kier alpha value is -1.92. The van der Waals surface area contributed by atoms with Gasteiger partial charge >= 0.3 is 11.6 Å². The van der Waals surface area contributed by atoms with Crippen LogP contribution in [0.1, 0.15) is 11.1 Å². The highest BCUT2D eigenvalue weighted by molar-refractivity contribution is 9.10. The second-order valence-electron chi connectivity index (χ2n) is 5.20. The number of ether oxygens (including phenoxy) is 1. The van der Waals surface area contributed by atoms with Gasteiger partial charge in [0, 0.05) is 26.0 Å². The van der Waals surface area contributed by atoms with Gasteiger partial charge in [0.15, 0.2) is 0 Å². The molecule has 0 radical (unpaired) electrons. The van der Waals surface area contributed by atoms with E-state index in [-0.39, 0.29) is 19.0 Å². The monoisotopic (exact) mass is 450 g/mol. The maximum absolute atomic E-state index is 12.0. The van der Waals surface area contributed by atoms with Crippen molar-refractivity contribution in [3.63, 3.8) is 0 Å². The van der Waals surface area contributed by atoms with Crippen molar-refractivity contribution in [2.24, 2.45) is 0 Å². The zero-order valence-electron chi connectivity index (χ0n) is 12.4. The Kier molecular flexibility index (Phi) is 5.16. The number of hydrogen-bond donors (Lipinski definition) is 0. The van der Waals surface area contributed by atoms with Gasteiger partial charge in [-0.2, -0.15) is 0 Å². The second-order valence-corrected chi connectivity index (χ2v) is 7.03. The predicted molar refractivity (Wildman–Crippen MR) is 97.8 cm³/mol. The van der Waals surface area contributed by atoms with Gasteiger partial charge in [-0.25, -0.2) is 4.79 Å². The molecular formula is C18H12Br2O4. The number of hydrogen-bond acceptors (Lipinski definition) is 4. The van der Waals surface area contributed by atoms with E-state index < -0.39 is 5.63 Å². The lowest BCUT2D eigenvalue weighted by molar-refractivity contribution is -0.144. The summed E-state index contributed by atoms with van der Waals surface area (Å²) in [5.41, 5.74) is 1.47. The highest BCUT2D eigenvalue weighted by Gasteiger charge is 2.10. The van der Waals surface area contributed by atoms with Crippen LogP contribution >= 0.6 is 31.9 Å². The topological polar surface area (TPSA) is 56.5 Å². The van der Waals surface area contributed by atoms with Crippen LogP contribution in [0, 0.1) is 0 Å². The molecule has 0 unspecified atom stereocenters. The maximum atomic E-state index is 12.0. The molecule has 1 heterocycles. The minimum Gasteiger partial charge on any atom is -0.461 e. The summed E-state index contributed by atoms with van der Waals surface area (Å²) in [5.74, 6) is -0.351. The lowest BCUT2D eigenvalue weighted by atomic mass is 10.1. The van der Waals surface area contributed by atoms with Gasteiger partial charge in [0.25, 0.3) is 0 Å². The summed E-state index contributed by atoms with van der Waals surface area (Å²) in [6.45, 7) is 0.0269. The molecule has 4 nitrogen and oxygen atoms in total. The van der Waals surface area contributed by atoms with Crippen LogP contribution in [0.3, 0.4) is 0 Å². The quantitative estimate of drug-likeness (QED) is 0.429. The molecule has 0 bridgehead atoms. The number of rotatable bonds is 4. The van der Waals surface area contributed by atoms with E-state index in [1.54, 1.807) is 6.07 Å². The zero-order chi connectivity index (χ0) is 17.1. The van der Waals surface area contributed by atoms with Gasteiger partial charge in [0.05, 0.1) is 6.42 Å². The summed E-state index contributed by atoms with van der Waals surface area (Å²) in [5, 5.41) is 0.745. The molecular weight excluding hydrogens is 440 g/mol. The average Bonchev–Trinajstić information content (AvgIpc) is 2.54. The molecule has 0 spiro atoms. The highest BCUT2D eigenvalue weighted by atomic mass is 79.9. The summed E-state index contributed by atoms with van der Waals surface area (Å²) in [7, 11) is 0. The van der Waals surface area contributed by atoms with E-state index in [1.807, 2.05) is 36.4 Å². The molecule has 0 N–H and O–H groups in total. The fourth-order valence-electron chi connectivity index (χ4n) is 2.30. The van der Waals surface area contributed by atoms with E-state index in [0.717, 1.165) is 19.9 Å². The number of benzene rings is 2. The van der Waals surface area contributed by atoms with Gasteiger partial charge in [-0.05, 0) is 35.9 Å². The largest absolute Gasteiger partial charge is 0.461 e. The van der Waals surface area contributed by atoms with Crippen LogP contribution < -0.4 is 5.63 Å². The molecule has 0 fully saturated rings. The van der Waals surface area contributed by atoms with Gasteiger partial charge in [-0.15, -0.1) is 0 Å². The van der Waals surface area contributed by atoms with Crippen molar-refractivity contribution < 1.29 is 13.9 Å². The Morgan fingerprint density at radius 2 is 1.71 bits per heavy atom. The molecule has 0 aliphatic carbocycles. The molecule has 0 atom stereocenters. The molecule has 1 aromatic heterocycles. The lowest BCUT2D eigenvalue weighted by Gasteiger charge is -2.08. The first kappa shape index (κ1) is 16.9. The Balaban J connectivity index is 1.74. The Labute approximate surface area is 154 Å². The summed E-state index contributed by atoms with van der Waals surface area (Å²) in [4.78, 5) is 23.7. The standard InChI is InChI=1S/C18H12Br2O4/c19-13-3-1-11(2-4-13)7-17(21)23-10-12-8-18(22)24-16-9-14(20)5-6-15(12)16/h1-6,8-9H,7,10H2. The first-order chi connectivity index (χ1) is 11.5. The molecule has 0 aliphatic rings. The molecule has 0 saturated heterocycles. The van der Waals surface area contributed by atoms with Crippen molar-refractivity contribution in [1.29, 1.82) is 0 Å². The van der Waals surface area contributed by atoms with E-state index in [1.165, 1.54) is 6.07 Å². The number of esters is 1. The molecule has 122 valence electrons. The van der Waals surface area contributed by atoms with Crippen molar-refractivity contribution in [3.8, 4) is 0 Å².